The molecule has 1 aliphatic heterocycles. The van der Waals surface area contributed by atoms with E-state index in [1.807, 2.05) is 11.9 Å². The first-order chi connectivity index (χ1) is 8.25. The van der Waals surface area contributed by atoms with E-state index in [1.165, 1.54) is 19.3 Å². The maximum Gasteiger partial charge on any atom is 0.239 e. The molecule has 2 aliphatic rings. The van der Waals surface area contributed by atoms with Crippen LogP contribution in [0.4, 0.5) is 0 Å². The molecule has 5 heteroatoms. The monoisotopic (exact) mass is 238 g/mol. The number of amides is 1. The third-order valence-electron chi connectivity index (χ3n) is 3.44. The molecular formula is C12H22N4O. The molecule has 0 atom stereocenters. The first-order valence-corrected chi connectivity index (χ1v) is 6.54. The minimum atomic E-state index is 0.0832. The molecule has 1 heterocycles. The van der Waals surface area contributed by atoms with Crippen LogP contribution in [-0.4, -0.2) is 49.5 Å². The molecule has 0 bridgehead atoms. The van der Waals surface area contributed by atoms with Crippen molar-refractivity contribution in [1.82, 2.24) is 15.5 Å². The summed E-state index contributed by atoms with van der Waals surface area (Å²) in [5.41, 5.74) is 0. The highest BCUT2D eigenvalue weighted by molar-refractivity contribution is 5.87. The van der Waals surface area contributed by atoms with Gasteiger partial charge in [0, 0.05) is 19.6 Å². The Hall–Kier alpha value is -1.26. The van der Waals surface area contributed by atoms with Crippen molar-refractivity contribution >= 4 is 11.9 Å². The average Bonchev–Trinajstić information content (AvgIpc) is 2.74. The summed E-state index contributed by atoms with van der Waals surface area (Å²) in [6.45, 7) is 2.09. The SMILES string of the molecule is CN1CCN=C1NCC(=O)NC1CCCCC1. The summed E-state index contributed by atoms with van der Waals surface area (Å²) in [7, 11) is 1.98. The van der Waals surface area contributed by atoms with Crippen LogP contribution in [0, 0.1) is 0 Å². The van der Waals surface area contributed by atoms with Gasteiger partial charge < -0.3 is 15.5 Å². The van der Waals surface area contributed by atoms with Gasteiger partial charge in [-0.15, -0.1) is 0 Å². The number of carbonyl (C=O) groups excluding carboxylic acids is 1. The Bertz CT molecular complexity index is 297. The lowest BCUT2D eigenvalue weighted by molar-refractivity contribution is -0.120. The lowest BCUT2D eigenvalue weighted by Crippen LogP contribution is -2.45. The molecule has 0 spiro atoms. The zero-order chi connectivity index (χ0) is 12.1. The summed E-state index contributed by atoms with van der Waals surface area (Å²) in [6, 6.07) is 0.390. The van der Waals surface area contributed by atoms with Gasteiger partial charge in [0.1, 0.15) is 0 Å². The fraction of sp³-hybridized carbons (Fsp3) is 0.833. The number of rotatable bonds is 3. The molecule has 0 saturated heterocycles. The van der Waals surface area contributed by atoms with Crippen LogP contribution in [0.25, 0.3) is 0 Å². The molecule has 2 N–H and O–H groups in total. The highest BCUT2D eigenvalue weighted by Crippen LogP contribution is 2.17. The van der Waals surface area contributed by atoms with Gasteiger partial charge in [-0.2, -0.15) is 0 Å². The number of hydrogen-bond donors (Lipinski definition) is 2. The molecule has 0 aromatic heterocycles. The molecule has 1 fully saturated rings. The number of hydrogen-bond acceptors (Lipinski definition) is 4. The van der Waals surface area contributed by atoms with Gasteiger partial charge in [-0.3, -0.25) is 9.79 Å². The number of nitrogens with zero attached hydrogens (tertiary/aromatic N) is 2. The highest BCUT2D eigenvalue weighted by atomic mass is 16.2. The van der Waals surface area contributed by atoms with E-state index in [9.17, 15) is 4.79 Å². The summed E-state index contributed by atoms with van der Waals surface area (Å²) in [5.74, 6) is 0.920. The maximum absolute atomic E-state index is 11.7. The Kier molecular flexibility index (Phi) is 4.23. The average molecular weight is 238 g/mol. The molecule has 17 heavy (non-hydrogen) atoms. The van der Waals surface area contributed by atoms with Crippen LogP contribution in [0.5, 0.6) is 0 Å². The number of nitrogens with one attached hydrogen (secondary N) is 2. The maximum atomic E-state index is 11.7. The van der Waals surface area contributed by atoms with E-state index in [1.54, 1.807) is 0 Å². The van der Waals surface area contributed by atoms with E-state index in [-0.39, 0.29) is 5.91 Å². The van der Waals surface area contributed by atoms with Gasteiger partial charge in [0.05, 0.1) is 13.1 Å². The summed E-state index contributed by atoms with van der Waals surface area (Å²) in [6.07, 6.45) is 6.06. The second-order valence-electron chi connectivity index (χ2n) is 4.88. The lowest BCUT2D eigenvalue weighted by atomic mass is 9.95. The van der Waals surface area contributed by atoms with E-state index in [0.717, 1.165) is 31.9 Å². The number of carbonyl (C=O) groups is 1. The molecule has 0 aromatic rings. The second kappa shape index (κ2) is 5.89. The van der Waals surface area contributed by atoms with Crippen LogP contribution in [-0.2, 0) is 4.79 Å². The molecular weight excluding hydrogens is 216 g/mol. The fourth-order valence-electron chi connectivity index (χ4n) is 2.41. The van der Waals surface area contributed by atoms with Crippen molar-refractivity contribution in [2.24, 2.45) is 4.99 Å². The zero-order valence-corrected chi connectivity index (χ0v) is 10.5. The van der Waals surface area contributed by atoms with Gasteiger partial charge in [0.15, 0.2) is 5.96 Å². The van der Waals surface area contributed by atoms with Gasteiger partial charge in [0.25, 0.3) is 0 Å². The number of likely N-dealkylation sites (N-methyl/N-ethyl adjacent to an activating group) is 1. The molecule has 2 rings (SSSR count). The first kappa shape index (κ1) is 12.2. The highest BCUT2D eigenvalue weighted by Gasteiger charge is 2.17. The quantitative estimate of drug-likeness (QED) is 0.745. The van der Waals surface area contributed by atoms with Gasteiger partial charge in [-0.25, -0.2) is 0 Å². The van der Waals surface area contributed by atoms with Crippen LogP contribution in [0.3, 0.4) is 0 Å². The van der Waals surface area contributed by atoms with Crippen molar-refractivity contribution in [1.29, 1.82) is 0 Å². The molecule has 1 saturated carbocycles. The smallest absolute Gasteiger partial charge is 0.239 e. The van der Waals surface area contributed by atoms with Crippen LogP contribution in [0.15, 0.2) is 4.99 Å². The molecule has 0 radical (unpaired) electrons. The standard InChI is InChI=1S/C12H22N4O/c1-16-8-7-13-12(16)14-9-11(17)15-10-5-3-2-4-6-10/h10H,2-9H2,1H3,(H,13,14)(H,15,17). The van der Waals surface area contributed by atoms with Crippen LogP contribution in [0.1, 0.15) is 32.1 Å². The first-order valence-electron chi connectivity index (χ1n) is 6.54. The second-order valence-corrected chi connectivity index (χ2v) is 4.88. The fourth-order valence-corrected chi connectivity index (χ4v) is 2.41. The van der Waals surface area contributed by atoms with E-state index in [0.29, 0.717) is 12.6 Å². The third kappa shape index (κ3) is 3.61. The Labute approximate surface area is 103 Å². The van der Waals surface area contributed by atoms with Crippen molar-refractivity contribution in [2.45, 2.75) is 38.1 Å². The Morgan fingerprint density at radius 3 is 2.82 bits per heavy atom. The molecule has 96 valence electrons. The van der Waals surface area contributed by atoms with Crippen molar-refractivity contribution in [3.05, 3.63) is 0 Å². The Balaban J connectivity index is 1.66. The van der Waals surface area contributed by atoms with E-state index in [4.69, 9.17) is 0 Å². The lowest BCUT2D eigenvalue weighted by Gasteiger charge is -2.23. The van der Waals surface area contributed by atoms with Gasteiger partial charge >= 0.3 is 0 Å². The van der Waals surface area contributed by atoms with Gasteiger partial charge in [-0.05, 0) is 12.8 Å². The van der Waals surface area contributed by atoms with Gasteiger partial charge in [0.2, 0.25) is 5.91 Å². The van der Waals surface area contributed by atoms with Crippen molar-refractivity contribution in [3.63, 3.8) is 0 Å². The minimum Gasteiger partial charge on any atom is -0.352 e. The van der Waals surface area contributed by atoms with E-state index >= 15 is 0 Å². The minimum absolute atomic E-state index is 0.0832. The zero-order valence-electron chi connectivity index (χ0n) is 10.5. The summed E-state index contributed by atoms with van der Waals surface area (Å²) in [5, 5.41) is 6.17. The summed E-state index contributed by atoms with van der Waals surface area (Å²) >= 11 is 0. The third-order valence-corrected chi connectivity index (χ3v) is 3.44. The Morgan fingerprint density at radius 1 is 1.41 bits per heavy atom. The molecule has 1 amide bonds. The molecule has 1 aliphatic carbocycles. The number of guanidine groups is 1. The van der Waals surface area contributed by atoms with Crippen LogP contribution < -0.4 is 10.6 Å². The van der Waals surface area contributed by atoms with Gasteiger partial charge in [-0.1, -0.05) is 19.3 Å². The predicted molar refractivity (Wildman–Crippen MR) is 68.0 cm³/mol. The van der Waals surface area contributed by atoms with E-state index in [2.05, 4.69) is 15.6 Å². The molecule has 0 unspecified atom stereocenters. The number of aliphatic imine (C=N–C) groups is 1. The van der Waals surface area contributed by atoms with Crippen molar-refractivity contribution < 1.29 is 4.79 Å². The molecule has 0 aromatic carbocycles. The van der Waals surface area contributed by atoms with Crippen molar-refractivity contribution in [3.8, 4) is 0 Å². The predicted octanol–water partition coefficient (Wildman–Crippen LogP) is 0.326. The van der Waals surface area contributed by atoms with Crippen LogP contribution >= 0.6 is 0 Å². The van der Waals surface area contributed by atoms with Crippen molar-refractivity contribution in [2.75, 3.05) is 26.7 Å². The van der Waals surface area contributed by atoms with E-state index < -0.39 is 0 Å². The topological polar surface area (TPSA) is 56.7 Å². The Morgan fingerprint density at radius 2 is 2.18 bits per heavy atom. The van der Waals surface area contributed by atoms with Crippen LogP contribution in [0.2, 0.25) is 0 Å². The normalized spacial score (nSPS) is 21.2. The largest absolute Gasteiger partial charge is 0.352 e. The molecule has 5 nitrogen and oxygen atoms in total. The summed E-state index contributed by atoms with van der Waals surface area (Å²) in [4.78, 5) is 18.1. The summed E-state index contributed by atoms with van der Waals surface area (Å²) < 4.78 is 0.